The van der Waals surface area contributed by atoms with Crippen molar-refractivity contribution in [2.75, 3.05) is 23.3 Å². The summed E-state index contributed by atoms with van der Waals surface area (Å²) in [5.41, 5.74) is 2.41. The van der Waals surface area contributed by atoms with Crippen LogP contribution in [0.3, 0.4) is 0 Å². The third kappa shape index (κ3) is 4.56. The first-order chi connectivity index (χ1) is 12.1. The summed E-state index contributed by atoms with van der Waals surface area (Å²) in [6, 6.07) is 13.3. The van der Waals surface area contributed by atoms with Crippen molar-refractivity contribution in [3.05, 3.63) is 59.9 Å². The monoisotopic (exact) mass is 341 g/mol. The average Bonchev–Trinajstić information content (AvgIpc) is 2.62. The number of aryl methyl sites for hydroxylation is 1. The Hall–Kier alpha value is -2.89. The van der Waals surface area contributed by atoms with Gasteiger partial charge in [0.15, 0.2) is 0 Å². The predicted octanol–water partition coefficient (Wildman–Crippen LogP) is 3.32. The third-order valence-electron chi connectivity index (χ3n) is 4.10. The lowest BCUT2D eigenvalue weighted by atomic mass is 10.1. The van der Waals surface area contributed by atoms with Gasteiger partial charge in [-0.1, -0.05) is 12.1 Å². The standard InChI is InChI=1S/C19H20FN3O2/c20-15-5-2-14(3-6-15)4-11-18(24)22-16-7-9-17(10-8-16)23-13-1-12-21-19(23)25/h2-3,5-10H,1,4,11-13H2,(H,21,25)(H,22,24). The van der Waals surface area contributed by atoms with Gasteiger partial charge in [0.2, 0.25) is 5.91 Å². The molecule has 25 heavy (non-hydrogen) atoms. The number of anilines is 2. The van der Waals surface area contributed by atoms with Gasteiger partial charge in [-0.2, -0.15) is 0 Å². The fraction of sp³-hybridized carbons (Fsp3) is 0.263. The molecule has 3 amide bonds. The number of hydrogen-bond acceptors (Lipinski definition) is 2. The highest BCUT2D eigenvalue weighted by Crippen LogP contribution is 2.20. The Kier molecular flexibility index (Phi) is 5.28. The van der Waals surface area contributed by atoms with Crippen LogP contribution in [0, 0.1) is 5.82 Å². The van der Waals surface area contributed by atoms with E-state index in [1.165, 1.54) is 12.1 Å². The maximum Gasteiger partial charge on any atom is 0.321 e. The number of amides is 3. The molecule has 0 saturated carbocycles. The Morgan fingerprint density at radius 2 is 1.84 bits per heavy atom. The zero-order valence-electron chi connectivity index (χ0n) is 13.8. The Morgan fingerprint density at radius 3 is 2.52 bits per heavy atom. The molecule has 0 atom stereocenters. The van der Waals surface area contributed by atoms with Crippen molar-refractivity contribution in [2.24, 2.45) is 0 Å². The predicted molar refractivity (Wildman–Crippen MR) is 95.2 cm³/mol. The summed E-state index contributed by atoms with van der Waals surface area (Å²) in [5, 5.41) is 5.64. The van der Waals surface area contributed by atoms with E-state index in [-0.39, 0.29) is 17.8 Å². The number of nitrogens with one attached hydrogen (secondary N) is 2. The molecule has 2 N–H and O–H groups in total. The van der Waals surface area contributed by atoms with Gasteiger partial charge >= 0.3 is 6.03 Å². The molecule has 1 saturated heterocycles. The van der Waals surface area contributed by atoms with Gasteiger partial charge in [0.05, 0.1) is 0 Å². The van der Waals surface area contributed by atoms with E-state index in [2.05, 4.69) is 10.6 Å². The minimum absolute atomic E-state index is 0.0951. The maximum absolute atomic E-state index is 12.9. The maximum atomic E-state index is 12.9. The highest BCUT2D eigenvalue weighted by molar-refractivity contribution is 5.94. The number of carbonyl (C=O) groups excluding carboxylic acids is 2. The van der Waals surface area contributed by atoms with Gasteiger partial charge < -0.3 is 10.6 Å². The van der Waals surface area contributed by atoms with Crippen LogP contribution in [0.4, 0.5) is 20.6 Å². The first-order valence-electron chi connectivity index (χ1n) is 8.31. The minimum Gasteiger partial charge on any atom is -0.338 e. The molecule has 0 spiro atoms. The fourth-order valence-corrected chi connectivity index (χ4v) is 2.73. The molecular weight excluding hydrogens is 321 g/mol. The molecule has 2 aromatic carbocycles. The number of halogens is 1. The van der Waals surface area contributed by atoms with Crippen molar-refractivity contribution < 1.29 is 14.0 Å². The zero-order chi connectivity index (χ0) is 17.6. The molecule has 3 rings (SSSR count). The van der Waals surface area contributed by atoms with Gasteiger partial charge in [-0.25, -0.2) is 9.18 Å². The van der Waals surface area contributed by atoms with Crippen molar-refractivity contribution in [3.63, 3.8) is 0 Å². The molecule has 1 heterocycles. The fourth-order valence-electron chi connectivity index (χ4n) is 2.73. The van der Waals surface area contributed by atoms with Crippen LogP contribution in [0.1, 0.15) is 18.4 Å². The Bertz CT molecular complexity index is 744. The molecule has 0 radical (unpaired) electrons. The molecule has 1 fully saturated rings. The normalized spacial score (nSPS) is 14.1. The van der Waals surface area contributed by atoms with E-state index < -0.39 is 0 Å². The van der Waals surface area contributed by atoms with E-state index in [0.29, 0.717) is 31.6 Å². The Morgan fingerprint density at radius 1 is 1.12 bits per heavy atom. The summed E-state index contributed by atoms with van der Waals surface area (Å²) in [4.78, 5) is 25.5. The second-order valence-electron chi connectivity index (χ2n) is 5.96. The molecule has 1 aliphatic heterocycles. The first kappa shape index (κ1) is 17.0. The second kappa shape index (κ2) is 7.79. The summed E-state index contributed by atoms with van der Waals surface area (Å²) in [6.45, 7) is 1.40. The number of hydrogen-bond donors (Lipinski definition) is 2. The van der Waals surface area contributed by atoms with Crippen molar-refractivity contribution >= 4 is 23.3 Å². The third-order valence-corrected chi connectivity index (χ3v) is 4.10. The van der Waals surface area contributed by atoms with E-state index in [1.807, 2.05) is 12.1 Å². The van der Waals surface area contributed by atoms with Crippen LogP contribution in [-0.4, -0.2) is 25.0 Å². The van der Waals surface area contributed by atoms with Crippen LogP contribution in [0.2, 0.25) is 0 Å². The number of rotatable bonds is 5. The summed E-state index contributed by atoms with van der Waals surface area (Å²) < 4.78 is 12.9. The number of benzene rings is 2. The van der Waals surface area contributed by atoms with Gasteiger partial charge in [-0.3, -0.25) is 9.69 Å². The minimum atomic E-state index is -0.282. The summed E-state index contributed by atoms with van der Waals surface area (Å²) >= 11 is 0. The average molecular weight is 341 g/mol. The van der Waals surface area contributed by atoms with E-state index in [4.69, 9.17) is 0 Å². The highest BCUT2D eigenvalue weighted by Gasteiger charge is 2.18. The lowest BCUT2D eigenvalue weighted by molar-refractivity contribution is -0.116. The molecule has 0 aromatic heterocycles. The van der Waals surface area contributed by atoms with Crippen molar-refractivity contribution in [1.82, 2.24) is 5.32 Å². The topological polar surface area (TPSA) is 61.4 Å². The molecular formula is C19H20FN3O2. The van der Waals surface area contributed by atoms with Crippen LogP contribution in [0.25, 0.3) is 0 Å². The summed E-state index contributed by atoms with van der Waals surface area (Å²) in [6.07, 6.45) is 1.79. The largest absolute Gasteiger partial charge is 0.338 e. The highest BCUT2D eigenvalue weighted by atomic mass is 19.1. The van der Waals surface area contributed by atoms with Gasteiger partial charge in [-0.15, -0.1) is 0 Å². The van der Waals surface area contributed by atoms with E-state index in [9.17, 15) is 14.0 Å². The SMILES string of the molecule is O=C(CCc1ccc(F)cc1)Nc1ccc(N2CCCNC2=O)cc1. The molecule has 2 aromatic rings. The van der Waals surface area contributed by atoms with Crippen molar-refractivity contribution in [2.45, 2.75) is 19.3 Å². The van der Waals surface area contributed by atoms with Crippen LogP contribution in [0.15, 0.2) is 48.5 Å². The van der Waals surface area contributed by atoms with Crippen LogP contribution < -0.4 is 15.5 Å². The zero-order valence-corrected chi connectivity index (χ0v) is 13.8. The summed E-state index contributed by atoms with van der Waals surface area (Å²) in [7, 11) is 0. The number of urea groups is 1. The van der Waals surface area contributed by atoms with E-state index >= 15 is 0 Å². The van der Waals surface area contributed by atoms with Gasteiger partial charge in [0.25, 0.3) is 0 Å². The lowest BCUT2D eigenvalue weighted by Gasteiger charge is -2.27. The molecule has 1 aliphatic rings. The van der Waals surface area contributed by atoms with Crippen LogP contribution >= 0.6 is 0 Å². The Labute approximate surface area is 145 Å². The molecule has 0 unspecified atom stereocenters. The lowest BCUT2D eigenvalue weighted by Crippen LogP contribution is -2.46. The second-order valence-corrected chi connectivity index (χ2v) is 5.96. The summed E-state index contributed by atoms with van der Waals surface area (Å²) in [5.74, 6) is -0.386. The van der Waals surface area contributed by atoms with Gasteiger partial charge in [-0.05, 0) is 54.8 Å². The number of carbonyl (C=O) groups is 2. The molecule has 6 heteroatoms. The Balaban J connectivity index is 1.53. The number of nitrogens with zero attached hydrogens (tertiary/aromatic N) is 1. The van der Waals surface area contributed by atoms with Gasteiger partial charge in [0, 0.05) is 30.9 Å². The molecule has 0 bridgehead atoms. The van der Waals surface area contributed by atoms with Crippen LogP contribution in [0.5, 0.6) is 0 Å². The quantitative estimate of drug-likeness (QED) is 0.876. The molecule has 0 aliphatic carbocycles. The molecule has 130 valence electrons. The van der Waals surface area contributed by atoms with Gasteiger partial charge in [0.1, 0.15) is 5.82 Å². The molecule has 5 nitrogen and oxygen atoms in total. The van der Waals surface area contributed by atoms with Crippen molar-refractivity contribution in [1.29, 1.82) is 0 Å². The first-order valence-corrected chi connectivity index (χ1v) is 8.31. The van der Waals surface area contributed by atoms with E-state index in [1.54, 1.807) is 29.2 Å². The van der Waals surface area contributed by atoms with E-state index in [0.717, 1.165) is 17.7 Å². The van der Waals surface area contributed by atoms with Crippen molar-refractivity contribution in [3.8, 4) is 0 Å². The smallest absolute Gasteiger partial charge is 0.321 e. The van der Waals surface area contributed by atoms with Crippen LogP contribution in [-0.2, 0) is 11.2 Å².